The summed E-state index contributed by atoms with van der Waals surface area (Å²) >= 11 is 0. The molecule has 0 aliphatic heterocycles. The van der Waals surface area contributed by atoms with Gasteiger partial charge in [-0.25, -0.2) is 0 Å². The number of hydrogen-bond acceptors (Lipinski definition) is 4. The number of nitrogen functional groups attached to an aromatic ring is 1. The van der Waals surface area contributed by atoms with Crippen LogP contribution < -0.4 is 10.6 Å². The number of para-hydroxylation sites is 1. The van der Waals surface area contributed by atoms with E-state index in [0.717, 1.165) is 23.6 Å². The van der Waals surface area contributed by atoms with Gasteiger partial charge >= 0.3 is 0 Å². The summed E-state index contributed by atoms with van der Waals surface area (Å²) in [6.07, 6.45) is 2.65. The van der Waals surface area contributed by atoms with Gasteiger partial charge in [0.2, 0.25) is 0 Å². The van der Waals surface area contributed by atoms with Gasteiger partial charge in [-0.05, 0) is 44.7 Å². The van der Waals surface area contributed by atoms with Crippen LogP contribution in [0.2, 0.25) is 0 Å². The molecule has 1 fully saturated rings. The zero-order chi connectivity index (χ0) is 12.7. The molecular formula is C14H19N3O. The molecule has 1 aromatic carbocycles. The minimum absolute atomic E-state index is 0.389. The third-order valence-corrected chi connectivity index (χ3v) is 3.46. The Kier molecular flexibility index (Phi) is 2.65. The minimum atomic E-state index is 0.389. The van der Waals surface area contributed by atoms with Crippen LogP contribution >= 0.6 is 0 Å². The van der Waals surface area contributed by atoms with E-state index >= 15 is 0 Å². The van der Waals surface area contributed by atoms with Gasteiger partial charge in [0.25, 0.3) is 6.01 Å². The van der Waals surface area contributed by atoms with Gasteiger partial charge in [-0.15, -0.1) is 0 Å². The van der Waals surface area contributed by atoms with Crippen molar-refractivity contribution in [2.24, 2.45) is 5.92 Å². The Bertz CT molecular complexity index is 557. The SMILES string of the molecule is CC(C)N(CC1CC1)c1nc2c(N)cccc2o1. The molecule has 0 atom stereocenters. The highest BCUT2D eigenvalue weighted by molar-refractivity contribution is 5.86. The highest BCUT2D eigenvalue weighted by Crippen LogP contribution is 2.33. The number of hydrogen-bond donors (Lipinski definition) is 1. The molecule has 4 heteroatoms. The van der Waals surface area contributed by atoms with Crippen LogP contribution in [-0.2, 0) is 0 Å². The fourth-order valence-electron chi connectivity index (χ4n) is 2.17. The van der Waals surface area contributed by atoms with Gasteiger partial charge in [0.1, 0.15) is 5.52 Å². The molecule has 1 heterocycles. The molecule has 3 rings (SSSR count). The molecule has 96 valence electrons. The Labute approximate surface area is 107 Å². The number of nitrogens with zero attached hydrogens (tertiary/aromatic N) is 2. The standard InChI is InChI=1S/C14H19N3O/c1-9(2)17(8-10-6-7-10)14-16-13-11(15)4-3-5-12(13)18-14/h3-5,9-10H,6-8,15H2,1-2H3. The van der Waals surface area contributed by atoms with Crippen molar-refractivity contribution in [3.8, 4) is 0 Å². The molecule has 2 aromatic rings. The predicted molar refractivity (Wildman–Crippen MR) is 73.6 cm³/mol. The lowest BCUT2D eigenvalue weighted by atomic mass is 10.3. The van der Waals surface area contributed by atoms with Crippen LogP contribution in [-0.4, -0.2) is 17.6 Å². The lowest BCUT2D eigenvalue weighted by Crippen LogP contribution is -2.32. The molecule has 1 aliphatic rings. The van der Waals surface area contributed by atoms with Crippen LogP contribution in [0.3, 0.4) is 0 Å². The quantitative estimate of drug-likeness (QED) is 0.841. The average molecular weight is 245 g/mol. The topological polar surface area (TPSA) is 55.3 Å². The summed E-state index contributed by atoms with van der Waals surface area (Å²) in [4.78, 5) is 6.78. The van der Waals surface area contributed by atoms with E-state index in [1.165, 1.54) is 12.8 Å². The zero-order valence-electron chi connectivity index (χ0n) is 10.9. The first kappa shape index (κ1) is 11.4. The van der Waals surface area contributed by atoms with Crippen LogP contribution in [0.5, 0.6) is 0 Å². The Balaban J connectivity index is 1.97. The molecule has 4 nitrogen and oxygen atoms in total. The van der Waals surface area contributed by atoms with E-state index in [1.54, 1.807) is 0 Å². The zero-order valence-corrected chi connectivity index (χ0v) is 10.9. The van der Waals surface area contributed by atoms with Crippen molar-refractivity contribution in [1.82, 2.24) is 4.98 Å². The summed E-state index contributed by atoms with van der Waals surface area (Å²) in [7, 11) is 0. The van der Waals surface area contributed by atoms with Crippen molar-refractivity contribution >= 4 is 22.8 Å². The van der Waals surface area contributed by atoms with Crippen LogP contribution in [0.4, 0.5) is 11.7 Å². The van der Waals surface area contributed by atoms with Crippen molar-refractivity contribution < 1.29 is 4.42 Å². The Morgan fingerprint density at radius 2 is 2.22 bits per heavy atom. The molecule has 0 bridgehead atoms. The Morgan fingerprint density at radius 1 is 1.44 bits per heavy atom. The molecule has 1 saturated carbocycles. The third-order valence-electron chi connectivity index (χ3n) is 3.46. The van der Waals surface area contributed by atoms with Gasteiger partial charge in [-0.3, -0.25) is 0 Å². The van der Waals surface area contributed by atoms with E-state index in [4.69, 9.17) is 10.2 Å². The summed E-state index contributed by atoms with van der Waals surface area (Å²) in [5.41, 5.74) is 8.14. The van der Waals surface area contributed by atoms with E-state index in [-0.39, 0.29) is 0 Å². The molecule has 0 radical (unpaired) electrons. The monoisotopic (exact) mass is 245 g/mol. The number of nitrogens with two attached hydrogens (primary N) is 1. The van der Waals surface area contributed by atoms with E-state index in [1.807, 2.05) is 18.2 Å². The minimum Gasteiger partial charge on any atom is -0.423 e. The normalized spacial score (nSPS) is 15.5. The summed E-state index contributed by atoms with van der Waals surface area (Å²) in [5, 5.41) is 0. The van der Waals surface area contributed by atoms with Crippen molar-refractivity contribution in [1.29, 1.82) is 0 Å². The van der Waals surface area contributed by atoms with Crippen molar-refractivity contribution in [3.63, 3.8) is 0 Å². The van der Waals surface area contributed by atoms with Crippen LogP contribution in [0.25, 0.3) is 11.1 Å². The average Bonchev–Trinajstić information content (AvgIpc) is 3.04. The maximum atomic E-state index is 5.92. The molecule has 1 aromatic heterocycles. The third kappa shape index (κ3) is 2.03. The van der Waals surface area contributed by atoms with E-state index in [9.17, 15) is 0 Å². The molecule has 0 amide bonds. The number of aromatic nitrogens is 1. The number of fused-ring (bicyclic) bond motifs is 1. The fraction of sp³-hybridized carbons (Fsp3) is 0.500. The first-order valence-corrected chi connectivity index (χ1v) is 6.57. The fourth-order valence-corrected chi connectivity index (χ4v) is 2.17. The summed E-state index contributed by atoms with van der Waals surface area (Å²) in [5.74, 6) is 0.805. The second-order valence-corrected chi connectivity index (χ2v) is 5.38. The van der Waals surface area contributed by atoms with Crippen molar-refractivity contribution in [2.75, 3.05) is 17.2 Å². The van der Waals surface area contributed by atoms with Gasteiger partial charge in [0.05, 0.1) is 5.69 Å². The molecular weight excluding hydrogens is 226 g/mol. The van der Waals surface area contributed by atoms with Crippen LogP contribution in [0.1, 0.15) is 26.7 Å². The number of oxazole rings is 1. The predicted octanol–water partition coefficient (Wildman–Crippen LogP) is 3.03. The molecule has 1 aliphatic carbocycles. The van der Waals surface area contributed by atoms with Crippen molar-refractivity contribution in [2.45, 2.75) is 32.7 Å². The lowest BCUT2D eigenvalue weighted by molar-refractivity contribution is 0.526. The summed E-state index contributed by atoms with van der Waals surface area (Å²) < 4.78 is 5.84. The highest BCUT2D eigenvalue weighted by Gasteiger charge is 2.28. The van der Waals surface area contributed by atoms with Gasteiger partial charge in [0.15, 0.2) is 5.58 Å². The Morgan fingerprint density at radius 3 is 2.83 bits per heavy atom. The summed E-state index contributed by atoms with van der Waals surface area (Å²) in [6.45, 7) is 5.37. The van der Waals surface area contributed by atoms with Gasteiger partial charge < -0.3 is 15.1 Å². The molecule has 0 saturated heterocycles. The Hall–Kier alpha value is -1.71. The van der Waals surface area contributed by atoms with E-state index in [0.29, 0.717) is 17.7 Å². The van der Waals surface area contributed by atoms with E-state index in [2.05, 4.69) is 23.7 Å². The smallest absolute Gasteiger partial charge is 0.298 e. The molecule has 2 N–H and O–H groups in total. The molecule has 0 unspecified atom stereocenters. The van der Waals surface area contributed by atoms with Crippen molar-refractivity contribution in [3.05, 3.63) is 18.2 Å². The first-order valence-electron chi connectivity index (χ1n) is 6.57. The number of benzene rings is 1. The van der Waals surface area contributed by atoms with Gasteiger partial charge in [-0.1, -0.05) is 6.07 Å². The van der Waals surface area contributed by atoms with Crippen LogP contribution in [0.15, 0.2) is 22.6 Å². The second kappa shape index (κ2) is 4.19. The largest absolute Gasteiger partial charge is 0.423 e. The van der Waals surface area contributed by atoms with Crippen LogP contribution in [0, 0.1) is 5.92 Å². The highest BCUT2D eigenvalue weighted by atomic mass is 16.4. The lowest BCUT2D eigenvalue weighted by Gasteiger charge is -2.24. The number of anilines is 2. The van der Waals surface area contributed by atoms with Gasteiger partial charge in [0, 0.05) is 12.6 Å². The first-order chi connectivity index (χ1) is 8.65. The van der Waals surface area contributed by atoms with Gasteiger partial charge in [-0.2, -0.15) is 4.98 Å². The molecule has 0 spiro atoms. The molecule has 18 heavy (non-hydrogen) atoms. The second-order valence-electron chi connectivity index (χ2n) is 5.38. The summed E-state index contributed by atoms with van der Waals surface area (Å²) in [6, 6.07) is 6.75. The maximum absolute atomic E-state index is 5.92. The number of rotatable bonds is 4. The van der Waals surface area contributed by atoms with E-state index < -0.39 is 0 Å². The maximum Gasteiger partial charge on any atom is 0.298 e.